The van der Waals surface area contributed by atoms with E-state index in [4.69, 9.17) is 14.2 Å². The van der Waals surface area contributed by atoms with Gasteiger partial charge in [0.25, 0.3) is 0 Å². The second kappa shape index (κ2) is 12.8. The lowest BCUT2D eigenvalue weighted by Crippen LogP contribution is -2.08. The third-order valence-electron chi connectivity index (χ3n) is 6.60. The number of aliphatic carboxylic acids is 1. The maximum absolute atomic E-state index is 11.3. The number of ether oxygens (including phenoxy) is 3. The average Bonchev–Trinajstić information content (AvgIpc) is 2.92. The van der Waals surface area contributed by atoms with Gasteiger partial charge in [0.15, 0.2) is 5.75 Å². The highest BCUT2D eigenvalue weighted by molar-refractivity contribution is 9.11. The van der Waals surface area contributed by atoms with E-state index in [-0.39, 0.29) is 18.1 Å². The highest BCUT2D eigenvalue weighted by atomic mass is 79.9. The van der Waals surface area contributed by atoms with Crippen molar-refractivity contribution in [1.29, 1.82) is 0 Å². The minimum atomic E-state index is -0.921. The van der Waals surface area contributed by atoms with Crippen LogP contribution in [0, 0.1) is 0 Å². The van der Waals surface area contributed by atoms with E-state index in [9.17, 15) is 15.0 Å². The van der Waals surface area contributed by atoms with E-state index in [0.29, 0.717) is 43.1 Å². The number of hydrogen-bond acceptors (Lipinski definition) is 5. The molecule has 0 amide bonds. The quantitative estimate of drug-likeness (QED) is 0.164. The molecule has 0 fully saturated rings. The lowest BCUT2D eigenvalue weighted by molar-refractivity contribution is -0.136. The Kier molecular flexibility index (Phi) is 9.43. The van der Waals surface area contributed by atoms with Gasteiger partial charge >= 0.3 is 5.97 Å². The molecule has 6 nitrogen and oxygen atoms in total. The number of benzene rings is 4. The van der Waals surface area contributed by atoms with Crippen LogP contribution < -0.4 is 14.2 Å². The molecule has 1 unspecified atom stereocenters. The third-order valence-corrected chi connectivity index (χ3v) is 7.78. The fraction of sp³-hybridized carbons (Fsp3) is 0.219. The molecule has 0 aromatic heterocycles. The summed E-state index contributed by atoms with van der Waals surface area (Å²) in [7, 11) is 3.23. The van der Waals surface area contributed by atoms with Crippen LogP contribution in [-0.2, 0) is 11.2 Å². The molecule has 2 N–H and O–H groups in total. The molecule has 0 saturated carbocycles. The molecule has 8 heteroatoms. The van der Waals surface area contributed by atoms with Crippen LogP contribution in [0.4, 0.5) is 0 Å². The SMILES string of the molecule is COc1ccc(O)c(C(c2ccccc2)c2cc(OC)c(C(C)C)cc2Oc2c(Br)cc(CC(=O)O)cc2Br)c1. The first-order chi connectivity index (χ1) is 19.1. The predicted molar refractivity (Wildman–Crippen MR) is 162 cm³/mol. The maximum Gasteiger partial charge on any atom is 0.307 e. The van der Waals surface area contributed by atoms with E-state index in [1.165, 1.54) is 0 Å². The van der Waals surface area contributed by atoms with Gasteiger partial charge in [-0.25, -0.2) is 0 Å². The van der Waals surface area contributed by atoms with Crippen LogP contribution in [0.25, 0.3) is 0 Å². The van der Waals surface area contributed by atoms with Crippen LogP contribution in [0.15, 0.2) is 81.7 Å². The zero-order valence-electron chi connectivity index (χ0n) is 22.6. The summed E-state index contributed by atoms with van der Waals surface area (Å²) in [6.07, 6.45) is -0.117. The first-order valence-corrected chi connectivity index (χ1v) is 14.2. The van der Waals surface area contributed by atoms with Crippen LogP contribution in [0.2, 0.25) is 0 Å². The summed E-state index contributed by atoms with van der Waals surface area (Å²) in [5.74, 6) is 1.27. The summed E-state index contributed by atoms with van der Waals surface area (Å²) in [5, 5.41) is 20.3. The Morgan fingerprint density at radius 2 is 1.48 bits per heavy atom. The van der Waals surface area contributed by atoms with E-state index in [0.717, 1.165) is 16.7 Å². The van der Waals surface area contributed by atoms with Crippen molar-refractivity contribution >= 4 is 37.8 Å². The van der Waals surface area contributed by atoms with Crippen molar-refractivity contribution in [2.45, 2.75) is 32.1 Å². The molecular formula is C32H30Br2O6. The first kappa shape index (κ1) is 29.5. The Morgan fingerprint density at radius 1 is 0.825 bits per heavy atom. The zero-order valence-corrected chi connectivity index (χ0v) is 25.7. The van der Waals surface area contributed by atoms with Crippen molar-refractivity contribution in [2.24, 2.45) is 0 Å². The van der Waals surface area contributed by atoms with Gasteiger partial charge in [0.05, 0.1) is 29.6 Å². The standard InChI is InChI=1S/C32H30Br2O6/c1-18(2)22-16-29(40-32-25(33)12-19(13-26(32)34)14-30(36)37)24(17-28(22)39-4)31(20-8-6-5-7-9-20)23-15-21(38-3)10-11-27(23)35/h5-13,15-18,31,35H,14H2,1-4H3,(H,36,37). The lowest BCUT2D eigenvalue weighted by Gasteiger charge is -2.26. The Bertz CT molecular complexity index is 1490. The molecule has 0 heterocycles. The van der Waals surface area contributed by atoms with E-state index in [1.807, 2.05) is 48.5 Å². The first-order valence-electron chi connectivity index (χ1n) is 12.6. The molecule has 0 radical (unpaired) electrons. The van der Waals surface area contributed by atoms with Gasteiger partial charge in [-0.1, -0.05) is 44.2 Å². The fourth-order valence-electron chi connectivity index (χ4n) is 4.69. The smallest absolute Gasteiger partial charge is 0.307 e. The van der Waals surface area contributed by atoms with E-state index in [2.05, 4.69) is 45.7 Å². The largest absolute Gasteiger partial charge is 0.508 e. The minimum Gasteiger partial charge on any atom is -0.508 e. The summed E-state index contributed by atoms with van der Waals surface area (Å²) in [4.78, 5) is 11.3. The van der Waals surface area contributed by atoms with Crippen molar-refractivity contribution in [3.05, 3.63) is 110 Å². The lowest BCUT2D eigenvalue weighted by atomic mass is 9.82. The molecule has 0 aliphatic rings. The minimum absolute atomic E-state index is 0.117. The Labute approximate surface area is 250 Å². The van der Waals surface area contributed by atoms with Crippen molar-refractivity contribution in [2.75, 3.05) is 14.2 Å². The van der Waals surface area contributed by atoms with Crippen LogP contribution >= 0.6 is 31.9 Å². The molecule has 0 aliphatic carbocycles. The van der Waals surface area contributed by atoms with Gasteiger partial charge in [0.1, 0.15) is 23.0 Å². The van der Waals surface area contributed by atoms with Crippen molar-refractivity contribution in [3.63, 3.8) is 0 Å². The molecule has 0 saturated heterocycles. The van der Waals surface area contributed by atoms with E-state index < -0.39 is 11.9 Å². The van der Waals surface area contributed by atoms with Gasteiger partial charge in [-0.05, 0) is 91.4 Å². The van der Waals surface area contributed by atoms with E-state index >= 15 is 0 Å². The average molecular weight is 670 g/mol. The van der Waals surface area contributed by atoms with Gasteiger partial charge in [-0.15, -0.1) is 0 Å². The second-order valence-corrected chi connectivity index (χ2v) is 11.3. The summed E-state index contributed by atoms with van der Waals surface area (Å²) >= 11 is 7.15. The molecular weight excluding hydrogens is 640 g/mol. The molecule has 208 valence electrons. The van der Waals surface area contributed by atoms with Gasteiger partial charge in [-0.2, -0.15) is 0 Å². The predicted octanol–water partition coefficient (Wildman–Crippen LogP) is 8.66. The molecule has 0 aliphatic heterocycles. The Morgan fingerprint density at radius 3 is 2.05 bits per heavy atom. The van der Waals surface area contributed by atoms with Crippen molar-refractivity contribution in [3.8, 4) is 28.7 Å². The number of halogens is 2. The molecule has 0 spiro atoms. The monoisotopic (exact) mass is 668 g/mol. The van der Waals surface area contributed by atoms with Crippen LogP contribution in [0.3, 0.4) is 0 Å². The Hall–Kier alpha value is -3.49. The van der Waals surface area contributed by atoms with Crippen LogP contribution in [0.1, 0.15) is 53.5 Å². The molecule has 4 aromatic carbocycles. The number of methoxy groups -OCH3 is 2. The normalized spacial score (nSPS) is 11.8. The third kappa shape index (κ3) is 6.45. The molecule has 0 bridgehead atoms. The van der Waals surface area contributed by atoms with Gasteiger partial charge in [0, 0.05) is 22.6 Å². The van der Waals surface area contributed by atoms with Crippen molar-refractivity contribution in [1.82, 2.24) is 0 Å². The fourth-order valence-corrected chi connectivity index (χ4v) is 6.14. The summed E-state index contributed by atoms with van der Waals surface area (Å²) < 4.78 is 19.2. The number of hydrogen-bond donors (Lipinski definition) is 2. The summed E-state index contributed by atoms with van der Waals surface area (Å²) in [6.45, 7) is 4.16. The van der Waals surface area contributed by atoms with Crippen molar-refractivity contribution < 1.29 is 29.2 Å². The molecule has 40 heavy (non-hydrogen) atoms. The van der Waals surface area contributed by atoms with Crippen LogP contribution in [-0.4, -0.2) is 30.4 Å². The van der Waals surface area contributed by atoms with Crippen LogP contribution in [0.5, 0.6) is 28.7 Å². The highest BCUT2D eigenvalue weighted by Gasteiger charge is 2.27. The summed E-state index contributed by atoms with van der Waals surface area (Å²) in [6, 6.07) is 22.4. The number of carboxylic acids is 1. The highest BCUT2D eigenvalue weighted by Crippen LogP contribution is 2.48. The maximum atomic E-state index is 11.3. The number of carbonyl (C=O) groups is 1. The summed E-state index contributed by atoms with van der Waals surface area (Å²) in [5.41, 5.74) is 3.93. The molecule has 1 atom stereocenters. The number of aromatic hydroxyl groups is 1. The number of phenols is 1. The second-order valence-electron chi connectivity index (χ2n) is 9.62. The van der Waals surface area contributed by atoms with Gasteiger partial charge in [0.2, 0.25) is 0 Å². The molecule has 4 aromatic rings. The van der Waals surface area contributed by atoms with Gasteiger partial charge < -0.3 is 24.4 Å². The number of carboxylic acid groups (broad SMARTS) is 1. The number of phenolic OH excluding ortho intramolecular Hbond substituents is 1. The molecule has 4 rings (SSSR count). The number of rotatable bonds is 10. The topological polar surface area (TPSA) is 85.2 Å². The van der Waals surface area contributed by atoms with Gasteiger partial charge in [-0.3, -0.25) is 4.79 Å². The zero-order chi connectivity index (χ0) is 29.0. The Balaban J connectivity index is 1.99. The van der Waals surface area contributed by atoms with E-state index in [1.54, 1.807) is 38.5 Å².